The average Bonchev–Trinajstić information content (AvgIpc) is 1.67. The minimum atomic E-state index is -5.32. The molecule has 14 rings (SSSR count). The SMILES string of the molecule is CC(C)(C)C(=O)N1CCC(c2noc(C(F)(F)F)n2)CC1.CC(C)(C)C(=O)N1CCC(n2ccc(C#N)c2)CC1.CC(C)(C)C(=O)N1CCC(n2ccc(S(=O)(=O)C(F)(F)F)c2)CC1.CC(C)(C)C(=O)N1CCC(n2cccc2C(F)(F)F)CC1.CC(C)(C)C(=O)N1CCC(n2cccc2Cl)CC1.CC(C)(C)C(=O)N1CCC(n2cccc2S(C)(=O)=O)CC1.CC(C)(C)C(=O)N1CCC(n2cnc(C(F)(F)F)c2)CC1. The molecule has 0 spiro atoms. The minimum Gasteiger partial charge on any atom is -0.350 e. The number of alkyl halides is 12. The molecule has 44 heteroatoms. The van der Waals surface area contributed by atoms with Crippen molar-refractivity contribution in [2.45, 2.75) is 311 Å². The van der Waals surface area contributed by atoms with Crippen LogP contribution in [0.2, 0.25) is 5.15 Å². The van der Waals surface area contributed by atoms with Gasteiger partial charge >= 0.3 is 29.9 Å². The molecule has 7 saturated heterocycles. The Labute approximate surface area is 849 Å². The summed E-state index contributed by atoms with van der Waals surface area (Å²) in [5.74, 6) is -0.567. The standard InChI is InChI=1S/C15H21F3N2O3S.C15H21F3N2O.C15H21N3O.C15H24N2O3S.C14H21ClN2O.C14H20F3N3O.C13H18F3N3O2/c1-14(2,3)13(21)19-7-4-11(5-8-19)20-9-6-12(10-20)24(22,23)15(16,17)18;1-14(2,3)13(21)19-9-6-11(7-10-19)20-8-4-5-12(20)15(16,17)18;1-15(2,3)14(19)17-8-5-13(6-9-17)18-7-4-12(10-16)11-18;1-15(2,3)14(18)16-10-7-12(8-11-16)17-9-5-6-13(17)21(4,19)20;1-14(2,3)13(18)16-9-6-11(7-10-16)17-8-4-5-12(17)15;1-13(2,3)12(21)19-6-4-10(5-7-19)20-8-11(18-9-20)14(15,16)17;1-12(2,3)11(20)19-6-4-8(5-7-19)9-17-10(21-18-9)13(14,15)16/h6,9-11H,4-5,7-8H2,1-3H3;4-5,8,11H,6-7,9-10H2,1-3H3;4,7,11,13H,5-6,8-9H2,1-3H3;5-6,9,12H,7-8,10-11H2,1-4H3;4-5,8,11H,6-7,9-10H2,1-3H3;8-10H,4-7H2,1-3H3;8H,4-7H2,1-3H3. The second-order valence-corrected chi connectivity index (χ2v) is 49.7. The van der Waals surface area contributed by atoms with Gasteiger partial charge in [0.2, 0.25) is 41.4 Å². The van der Waals surface area contributed by atoms with Gasteiger partial charge in [-0.2, -0.15) is 62.9 Å². The summed E-state index contributed by atoms with van der Waals surface area (Å²) in [4.78, 5) is 104. The molecule has 0 saturated carbocycles. The van der Waals surface area contributed by atoms with E-state index in [0.29, 0.717) is 139 Å². The maximum Gasteiger partial charge on any atom is 0.501 e. The second kappa shape index (κ2) is 47.6. The number of carbonyl (C=O) groups is 7. The first kappa shape index (κ1) is 120. The zero-order valence-electron chi connectivity index (χ0n) is 87.4. The summed E-state index contributed by atoms with van der Waals surface area (Å²) in [5.41, 5.74) is -8.82. The average molecular weight is 2120 g/mol. The van der Waals surface area contributed by atoms with Gasteiger partial charge in [0.25, 0.3) is 9.84 Å². The van der Waals surface area contributed by atoms with Gasteiger partial charge in [-0.15, -0.1) is 0 Å². The fourth-order valence-electron chi connectivity index (χ4n) is 18.2. The van der Waals surface area contributed by atoms with Crippen LogP contribution in [0.15, 0.2) is 119 Å². The Balaban J connectivity index is 0.000000207. The van der Waals surface area contributed by atoms with Crippen LogP contribution in [0.1, 0.15) is 306 Å². The van der Waals surface area contributed by atoms with E-state index in [0.717, 1.165) is 94.4 Å². The van der Waals surface area contributed by atoms with Crippen LogP contribution in [0.3, 0.4) is 0 Å². The normalized spacial score (nSPS) is 18.0. The van der Waals surface area contributed by atoms with E-state index in [1.165, 1.54) is 44.7 Å². The van der Waals surface area contributed by atoms with Crippen molar-refractivity contribution >= 4 is 72.6 Å². The van der Waals surface area contributed by atoms with Crippen molar-refractivity contribution in [1.29, 1.82) is 5.26 Å². The van der Waals surface area contributed by atoms with Crippen molar-refractivity contribution in [3.8, 4) is 6.07 Å². The summed E-state index contributed by atoms with van der Waals surface area (Å²) in [6.07, 6.45) is 11.8. The molecule has 7 aromatic heterocycles. The number of hydrogen-bond donors (Lipinski definition) is 0. The molecule has 0 radical (unpaired) electrons. The Kier molecular flexibility index (Phi) is 39.4. The van der Waals surface area contributed by atoms with Crippen LogP contribution in [0.5, 0.6) is 0 Å². The minimum absolute atomic E-state index is 0.0300. The smallest absolute Gasteiger partial charge is 0.350 e. The number of likely N-dealkylation sites (tertiary alicyclic amines) is 7. The van der Waals surface area contributed by atoms with Crippen LogP contribution < -0.4 is 0 Å². The molecule has 7 amide bonds. The van der Waals surface area contributed by atoms with E-state index in [1.807, 2.05) is 208 Å². The lowest BCUT2D eigenvalue weighted by Gasteiger charge is -2.36. The summed E-state index contributed by atoms with van der Waals surface area (Å²) in [6.45, 7) is 48.6. The Morgan fingerprint density at radius 1 is 0.372 bits per heavy atom. The van der Waals surface area contributed by atoms with Crippen LogP contribution in [0.25, 0.3) is 0 Å². The van der Waals surface area contributed by atoms with Gasteiger partial charge < -0.3 is 66.2 Å². The second-order valence-electron chi connectivity index (χ2n) is 45.4. The third-order valence-electron chi connectivity index (χ3n) is 26.2. The zero-order valence-corrected chi connectivity index (χ0v) is 89.8. The van der Waals surface area contributed by atoms with Crippen LogP contribution in [0.4, 0.5) is 52.7 Å². The topological polar surface area (TPSA) is 316 Å². The first-order valence-corrected chi connectivity index (χ1v) is 52.9. The number of carbonyl (C=O) groups excluding carboxylic acids is 7. The lowest BCUT2D eigenvalue weighted by atomic mass is 9.91. The van der Waals surface area contributed by atoms with Crippen molar-refractivity contribution in [1.82, 2.24) is 76.8 Å². The number of amides is 7. The van der Waals surface area contributed by atoms with Crippen LogP contribution in [0, 0.1) is 49.2 Å². The lowest BCUT2D eigenvalue weighted by molar-refractivity contribution is -0.159. The van der Waals surface area contributed by atoms with Crippen molar-refractivity contribution < 1.29 is 108 Å². The predicted molar refractivity (Wildman–Crippen MR) is 524 cm³/mol. The number of halogens is 13. The molecule has 810 valence electrons. The molecular weight excluding hydrogens is 1970 g/mol. The number of aromatic nitrogens is 9. The molecule has 7 aliphatic rings. The summed E-state index contributed by atoms with van der Waals surface area (Å²) in [5, 5.41) is 13.4. The van der Waals surface area contributed by atoms with Crippen LogP contribution in [-0.4, -0.2) is 238 Å². The number of imidazole rings is 1. The van der Waals surface area contributed by atoms with E-state index in [2.05, 4.69) is 34.9 Å². The third-order valence-corrected chi connectivity index (χ3v) is 29.1. The summed E-state index contributed by atoms with van der Waals surface area (Å²) < 4.78 is 212. The van der Waals surface area contributed by atoms with E-state index in [9.17, 15) is 103 Å². The van der Waals surface area contributed by atoms with Gasteiger partial charge in [-0.1, -0.05) is 162 Å². The van der Waals surface area contributed by atoms with Gasteiger partial charge in [-0.3, -0.25) is 33.6 Å². The highest BCUT2D eigenvalue weighted by atomic mass is 35.5. The Morgan fingerprint density at radius 3 is 0.986 bits per heavy atom. The molecular formula is C101H146ClF12N17O12S2. The highest BCUT2D eigenvalue weighted by molar-refractivity contribution is 7.92. The highest BCUT2D eigenvalue weighted by Gasteiger charge is 2.49. The number of nitrogens with zero attached hydrogens (tertiary/aromatic N) is 17. The fraction of sp³-hybridized carbons (Fsp3) is 0.673. The van der Waals surface area contributed by atoms with E-state index in [4.69, 9.17) is 16.9 Å². The molecule has 7 aromatic rings. The monoisotopic (exact) mass is 2120 g/mol. The Hall–Kier alpha value is -10.1. The number of hydrogen-bond acceptors (Lipinski definition) is 16. The van der Waals surface area contributed by atoms with Crippen LogP contribution >= 0.6 is 11.6 Å². The quantitative estimate of drug-likeness (QED) is 0.121. The predicted octanol–water partition coefficient (Wildman–Crippen LogP) is 20.7. The molecule has 7 aliphatic heterocycles. The van der Waals surface area contributed by atoms with Crippen molar-refractivity contribution in [3.05, 3.63) is 138 Å². The number of rotatable bonds is 9. The summed E-state index contributed by atoms with van der Waals surface area (Å²) in [7, 11) is -8.53. The van der Waals surface area contributed by atoms with E-state index < -0.39 is 87.5 Å². The molecule has 29 nitrogen and oxygen atoms in total. The molecule has 0 atom stereocenters. The first-order valence-electron chi connectivity index (χ1n) is 49.1. The fourth-order valence-corrected chi connectivity index (χ4v) is 20.2. The number of nitriles is 1. The summed E-state index contributed by atoms with van der Waals surface area (Å²) in [6, 6.07) is 15.4. The van der Waals surface area contributed by atoms with Gasteiger partial charge in [0.05, 0.1) is 16.8 Å². The molecule has 7 fully saturated rings. The van der Waals surface area contributed by atoms with Crippen molar-refractivity contribution in [3.63, 3.8) is 0 Å². The molecule has 0 aliphatic carbocycles. The molecule has 0 N–H and O–H groups in total. The Bertz CT molecular complexity index is 5640. The van der Waals surface area contributed by atoms with Gasteiger partial charge in [0.15, 0.2) is 21.4 Å². The van der Waals surface area contributed by atoms with E-state index in [-0.39, 0.29) is 93.5 Å². The third kappa shape index (κ3) is 33.2. The van der Waals surface area contributed by atoms with Crippen molar-refractivity contribution in [2.24, 2.45) is 37.9 Å². The summed E-state index contributed by atoms with van der Waals surface area (Å²) >= 11 is 6.13. The molecule has 0 aromatic carbocycles. The van der Waals surface area contributed by atoms with Gasteiger partial charge in [-0.25, -0.2) is 21.8 Å². The maximum atomic E-state index is 12.9. The molecule has 0 bridgehead atoms. The number of sulfone groups is 2. The molecule has 145 heavy (non-hydrogen) atoms. The largest absolute Gasteiger partial charge is 0.501 e. The highest BCUT2D eigenvalue weighted by Crippen LogP contribution is 2.41. The molecule has 0 unspecified atom stereocenters. The zero-order chi connectivity index (χ0) is 109. The van der Waals surface area contributed by atoms with E-state index >= 15 is 0 Å². The van der Waals surface area contributed by atoms with Crippen molar-refractivity contribution in [2.75, 3.05) is 97.9 Å². The number of piperidine rings is 7. The van der Waals surface area contributed by atoms with E-state index in [1.54, 1.807) is 31.7 Å². The van der Waals surface area contributed by atoms with Crippen LogP contribution in [-0.2, 0) is 71.8 Å². The van der Waals surface area contributed by atoms with Gasteiger partial charge in [0.1, 0.15) is 21.9 Å². The Morgan fingerprint density at radius 2 is 0.683 bits per heavy atom. The van der Waals surface area contributed by atoms with Gasteiger partial charge in [-0.05, 0) is 138 Å². The first-order chi connectivity index (χ1) is 66.5. The van der Waals surface area contributed by atoms with Gasteiger partial charge in [0, 0.05) is 228 Å². The lowest BCUT2D eigenvalue weighted by Crippen LogP contribution is -2.44. The molecule has 14 heterocycles. The maximum absolute atomic E-state index is 12.9.